The highest BCUT2D eigenvalue weighted by Gasteiger charge is 2.29. The molecule has 1 fully saturated rings. The van der Waals surface area contributed by atoms with Crippen molar-refractivity contribution >= 4 is 46.2 Å². The molecule has 1 aliphatic carbocycles. The van der Waals surface area contributed by atoms with Gasteiger partial charge in [-0.25, -0.2) is 0 Å². The van der Waals surface area contributed by atoms with Crippen LogP contribution in [0.3, 0.4) is 0 Å². The van der Waals surface area contributed by atoms with Crippen molar-refractivity contribution in [1.29, 1.82) is 0 Å². The number of fused-ring (bicyclic) bond motifs is 2. The fourth-order valence-electron chi connectivity index (χ4n) is 5.02. The molecule has 3 aromatic carbocycles. The van der Waals surface area contributed by atoms with Crippen LogP contribution in [0.4, 0.5) is 0 Å². The number of carbonyl (C=O) groups is 4. The first kappa shape index (κ1) is 25.0. The van der Waals surface area contributed by atoms with E-state index in [-0.39, 0.29) is 35.9 Å². The lowest BCUT2D eigenvalue weighted by Gasteiger charge is -2.30. The summed E-state index contributed by atoms with van der Waals surface area (Å²) in [6.45, 7) is 2.68. The van der Waals surface area contributed by atoms with Gasteiger partial charge < -0.3 is 14.4 Å². The molecule has 0 radical (unpaired) electrons. The van der Waals surface area contributed by atoms with Gasteiger partial charge in [-0.05, 0) is 42.3 Å². The second-order valence-electron chi connectivity index (χ2n) is 9.07. The van der Waals surface area contributed by atoms with Crippen LogP contribution in [0.5, 0.6) is 0 Å². The Balaban J connectivity index is 1.19. The average Bonchev–Trinajstić information content (AvgIpc) is 2.93. The third kappa shape index (κ3) is 4.98. The molecule has 0 aromatic heterocycles. The van der Waals surface area contributed by atoms with Gasteiger partial charge in [0.1, 0.15) is 0 Å². The molecule has 1 heterocycles. The number of esters is 2. The SMILES string of the molecule is CCOC(=O)C1CCN(C(=O)COC(=O)CSc2ccc3c4c(cccc24)C(=O)c2ccccc2-3)CC1. The molecule has 8 heteroatoms. The van der Waals surface area contributed by atoms with E-state index in [1.165, 1.54) is 11.8 Å². The molecule has 1 saturated heterocycles. The largest absolute Gasteiger partial charge is 0.466 e. The van der Waals surface area contributed by atoms with Crippen molar-refractivity contribution in [2.75, 3.05) is 32.1 Å². The highest BCUT2D eigenvalue weighted by atomic mass is 32.2. The van der Waals surface area contributed by atoms with Crippen molar-refractivity contribution in [2.45, 2.75) is 24.7 Å². The summed E-state index contributed by atoms with van der Waals surface area (Å²) in [6, 6.07) is 17.2. The van der Waals surface area contributed by atoms with Crippen LogP contribution in [0.1, 0.15) is 35.7 Å². The lowest BCUT2D eigenvalue weighted by Crippen LogP contribution is -2.42. The molecule has 3 aromatic rings. The molecule has 0 unspecified atom stereocenters. The highest BCUT2D eigenvalue weighted by molar-refractivity contribution is 8.00. The van der Waals surface area contributed by atoms with Gasteiger partial charge in [0.05, 0.1) is 18.3 Å². The lowest BCUT2D eigenvalue weighted by atomic mass is 9.83. The molecule has 1 amide bonds. The second kappa shape index (κ2) is 10.8. The molecule has 2 aliphatic rings. The zero-order valence-corrected chi connectivity index (χ0v) is 21.3. The Morgan fingerprint density at radius 1 is 0.892 bits per heavy atom. The lowest BCUT2D eigenvalue weighted by molar-refractivity contribution is -0.153. The van der Waals surface area contributed by atoms with Crippen molar-refractivity contribution in [2.24, 2.45) is 5.92 Å². The van der Waals surface area contributed by atoms with Gasteiger partial charge in [-0.1, -0.05) is 48.5 Å². The number of ketones is 1. The molecule has 0 bridgehead atoms. The first-order valence-electron chi connectivity index (χ1n) is 12.4. The van der Waals surface area contributed by atoms with Gasteiger partial charge >= 0.3 is 11.9 Å². The van der Waals surface area contributed by atoms with Gasteiger partial charge in [0, 0.05) is 34.5 Å². The number of amides is 1. The molecule has 0 atom stereocenters. The van der Waals surface area contributed by atoms with E-state index in [2.05, 4.69) is 0 Å². The van der Waals surface area contributed by atoms with Crippen molar-refractivity contribution in [3.05, 3.63) is 65.7 Å². The smallest absolute Gasteiger partial charge is 0.316 e. The minimum absolute atomic E-state index is 0.0000566. The Morgan fingerprint density at radius 2 is 1.62 bits per heavy atom. The van der Waals surface area contributed by atoms with E-state index < -0.39 is 5.97 Å². The van der Waals surface area contributed by atoms with Crippen LogP contribution in [-0.2, 0) is 23.9 Å². The van der Waals surface area contributed by atoms with E-state index in [4.69, 9.17) is 9.47 Å². The Bertz CT molecular complexity index is 1390. The summed E-state index contributed by atoms with van der Waals surface area (Å²) in [5, 5.41) is 1.81. The van der Waals surface area contributed by atoms with Gasteiger partial charge in [0.25, 0.3) is 5.91 Å². The summed E-state index contributed by atoms with van der Waals surface area (Å²) in [5.74, 6) is -1.11. The first-order valence-corrected chi connectivity index (χ1v) is 13.4. The number of ether oxygens (including phenoxy) is 2. The monoisotopic (exact) mass is 517 g/mol. The van der Waals surface area contributed by atoms with E-state index in [1.54, 1.807) is 11.8 Å². The van der Waals surface area contributed by atoms with Crippen LogP contribution in [-0.4, -0.2) is 60.6 Å². The summed E-state index contributed by atoms with van der Waals surface area (Å²) in [7, 11) is 0. The number of hydrogen-bond donors (Lipinski definition) is 0. The van der Waals surface area contributed by atoms with Crippen LogP contribution in [0.15, 0.2) is 59.5 Å². The van der Waals surface area contributed by atoms with Gasteiger partial charge in [0.2, 0.25) is 0 Å². The standard InChI is InChI=1S/C29H27NO6S/c1-2-35-29(34)18-12-14-30(15-13-18)25(31)16-36-26(32)17-37-24-11-10-20-19-6-3-4-7-21(19)28(33)23-9-5-8-22(24)27(20)23/h3-11,18H,2,12-17H2,1H3. The molecule has 5 rings (SSSR count). The Morgan fingerprint density at radius 3 is 2.38 bits per heavy atom. The molecule has 7 nitrogen and oxygen atoms in total. The highest BCUT2D eigenvalue weighted by Crippen LogP contribution is 2.42. The third-order valence-corrected chi connectivity index (χ3v) is 7.92. The van der Waals surface area contributed by atoms with E-state index in [0.29, 0.717) is 43.7 Å². The van der Waals surface area contributed by atoms with Crippen LogP contribution in [0.2, 0.25) is 0 Å². The summed E-state index contributed by atoms with van der Waals surface area (Å²) in [4.78, 5) is 52.4. The van der Waals surface area contributed by atoms with Gasteiger partial charge in [0.15, 0.2) is 12.4 Å². The van der Waals surface area contributed by atoms with Crippen LogP contribution in [0, 0.1) is 5.92 Å². The van der Waals surface area contributed by atoms with E-state index in [0.717, 1.165) is 26.8 Å². The van der Waals surface area contributed by atoms with Crippen LogP contribution in [0.25, 0.3) is 21.9 Å². The fraction of sp³-hybridized carbons (Fsp3) is 0.310. The van der Waals surface area contributed by atoms with Crippen molar-refractivity contribution in [3.63, 3.8) is 0 Å². The van der Waals surface area contributed by atoms with E-state index in [9.17, 15) is 19.2 Å². The summed E-state index contributed by atoms with van der Waals surface area (Å²) in [6.07, 6.45) is 1.10. The third-order valence-electron chi connectivity index (χ3n) is 6.88. The topological polar surface area (TPSA) is 90.0 Å². The van der Waals surface area contributed by atoms with E-state index in [1.807, 2.05) is 54.6 Å². The Labute approximate surface area is 219 Å². The van der Waals surface area contributed by atoms with Gasteiger partial charge in [-0.2, -0.15) is 0 Å². The number of rotatable bonds is 7. The molecule has 1 aliphatic heterocycles. The quantitative estimate of drug-likeness (QED) is 0.264. The number of piperidine rings is 1. The van der Waals surface area contributed by atoms with Crippen molar-refractivity contribution in [1.82, 2.24) is 4.90 Å². The Hall–Kier alpha value is -3.65. The summed E-state index contributed by atoms with van der Waals surface area (Å²) < 4.78 is 10.3. The van der Waals surface area contributed by atoms with Crippen LogP contribution < -0.4 is 0 Å². The minimum Gasteiger partial charge on any atom is -0.466 e. The molecule has 37 heavy (non-hydrogen) atoms. The van der Waals surface area contributed by atoms with Gasteiger partial charge in [-0.3, -0.25) is 19.2 Å². The van der Waals surface area contributed by atoms with Crippen LogP contribution >= 0.6 is 11.8 Å². The number of thioether (sulfide) groups is 1. The fourth-order valence-corrected chi connectivity index (χ4v) is 5.86. The number of likely N-dealkylation sites (tertiary alicyclic amines) is 1. The molecular formula is C29H27NO6S. The Kier molecular flexibility index (Phi) is 7.28. The van der Waals surface area contributed by atoms with E-state index >= 15 is 0 Å². The van der Waals surface area contributed by atoms with Gasteiger partial charge in [-0.15, -0.1) is 11.8 Å². The second-order valence-corrected chi connectivity index (χ2v) is 10.1. The predicted octanol–water partition coefficient (Wildman–Crippen LogP) is 4.49. The molecule has 0 N–H and O–H groups in total. The zero-order valence-electron chi connectivity index (χ0n) is 20.5. The summed E-state index contributed by atoms with van der Waals surface area (Å²) >= 11 is 1.33. The number of carbonyl (C=O) groups excluding carboxylic acids is 4. The normalized spacial score (nSPS) is 14.8. The minimum atomic E-state index is -0.485. The molecular weight excluding hydrogens is 490 g/mol. The summed E-state index contributed by atoms with van der Waals surface area (Å²) in [5.41, 5.74) is 3.27. The maximum atomic E-state index is 13.1. The molecule has 190 valence electrons. The number of nitrogens with zero attached hydrogens (tertiary/aromatic N) is 1. The molecule has 0 spiro atoms. The number of hydrogen-bond acceptors (Lipinski definition) is 7. The maximum absolute atomic E-state index is 13.1. The maximum Gasteiger partial charge on any atom is 0.316 e. The zero-order chi connectivity index (χ0) is 25.9. The molecule has 0 saturated carbocycles. The van der Waals surface area contributed by atoms with Crippen molar-refractivity contribution < 1.29 is 28.7 Å². The van der Waals surface area contributed by atoms with Crippen molar-refractivity contribution in [3.8, 4) is 11.1 Å². The predicted molar refractivity (Wildman–Crippen MR) is 140 cm³/mol. The first-order chi connectivity index (χ1) is 18.0. The average molecular weight is 518 g/mol. The number of benzene rings is 3.